The van der Waals surface area contributed by atoms with Crippen molar-refractivity contribution < 1.29 is 27.1 Å². The summed E-state index contributed by atoms with van der Waals surface area (Å²) in [5.41, 5.74) is 1.97. The van der Waals surface area contributed by atoms with E-state index in [1.807, 2.05) is 0 Å². The fourth-order valence-corrected chi connectivity index (χ4v) is 4.39. The van der Waals surface area contributed by atoms with Crippen molar-refractivity contribution in [2.24, 2.45) is 0 Å². The van der Waals surface area contributed by atoms with Gasteiger partial charge in [-0.15, -0.1) is 0 Å². The number of nitrogens with one attached hydrogen (secondary N) is 2. The molecule has 0 radical (unpaired) electrons. The summed E-state index contributed by atoms with van der Waals surface area (Å²) in [6.45, 7) is 2.88. The van der Waals surface area contributed by atoms with E-state index in [0.717, 1.165) is 12.0 Å². The number of anilines is 1. The molecule has 0 saturated carbocycles. The minimum absolute atomic E-state index is 0.0446. The summed E-state index contributed by atoms with van der Waals surface area (Å²) < 4.78 is 52.5. The summed E-state index contributed by atoms with van der Waals surface area (Å²) in [7, 11) is -3.86. The molecule has 0 saturated heterocycles. The van der Waals surface area contributed by atoms with Gasteiger partial charge in [0.1, 0.15) is 5.82 Å². The second kappa shape index (κ2) is 9.50. The molecule has 3 aromatic carbocycles. The van der Waals surface area contributed by atoms with Crippen LogP contribution in [0.25, 0.3) is 0 Å². The topological polar surface area (TPSA) is 93.7 Å². The van der Waals surface area contributed by atoms with Gasteiger partial charge in [0.25, 0.3) is 15.9 Å². The van der Waals surface area contributed by atoms with Crippen LogP contribution in [0.1, 0.15) is 27.9 Å². The molecule has 0 unspecified atom stereocenters. The first kappa shape index (κ1) is 22.6. The van der Waals surface area contributed by atoms with Gasteiger partial charge in [-0.1, -0.05) is 12.1 Å². The first-order valence-electron chi connectivity index (χ1n) is 10.4. The lowest BCUT2D eigenvalue weighted by molar-refractivity contribution is 0.0951. The lowest BCUT2D eigenvalue weighted by Gasteiger charge is -2.12. The van der Waals surface area contributed by atoms with E-state index in [9.17, 15) is 17.6 Å². The monoisotopic (exact) mass is 470 g/mol. The number of ether oxygens (including phenoxy) is 2. The van der Waals surface area contributed by atoms with E-state index in [2.05, 4.69) is 10.0 Å². The number of sulfonamides is 1. The Balaban J connectivity index is 1.41. The maximum absolute atomic E-state index is 13.4. The number of hydrogen-bond acceptors (Lipinski definition) is 5. The number of benzene rings is 3. The molecule has 1 amide bonds. The molecule has 2 N–H and O–H groups in total. The summed E-state index contributed by atoms with van der Waals surface area (Å²) in [4.78, 5) is 12.4. The number of carbonyl (C=O) groups is 1. The van der Waals surface area contributed by atoms with E-state index in [-0.39, 0.29) is 23.2 Å². The number of fused-ring (bicyclic) bond motifs is 1. The fourth-order valence-electron chi connectivity index (χ4n) is 3.32. The first-order chi connectivity index (χ1) is 15.8. The SMILES string of the molecule is Cc1cc(CNC(=O)c2ccc(NS(=O)(=O)c3ccc4c(c3)OCCCO4)cc2)ccc1F. The molecule has 172 valence electrons. The Hall–Kier alpha value is -3.59. The Morgan fingerprint density at radius 2 is 1.70 bits per heavy atom. The van der Waals surface area contributed by atoms with Gasteiger partial charge in [0, 0.05) is 30.3 Å². The number of amides is 1. The Kier molecular flexibility index (Phi) is 6.50. The van der Waals surface area contributed by atoms with Crippen molar-refractivity contribution in [3.63, 3.8) is 0 Å². The average molecular weight is 471 g/mol. The zero-order valence-corrected chi connectivity index (χ0v) is 18.7. The molecule has 4 rings (SSSR count). The van der Waals surface area contributed by atoms with Crippen molar-refractivity contribution in [3.05, 3.63) is 83.2 Å². The molecule has 9 heteroatoms. The minimum atomic E-state index is -3.86. The van der Waals surface area contributed by atoms with Gasteiger partial charge < -0.3 is 14.8 Å². The number of aryl methyl sites for hydroxylation is 1. The largest absolute Gasteiger partial charge is 0.490 e. The highest BCUT2D eigenvalue weighted by atomic mass is 32.2. The van der Waals surface area contributed by atoms with Gasteiger partial charge in [0.2, 0.25) is 0 Å². The van der Waals surface area contributed by atoms with Crippen molar-refractivity contribution in [1.82, 2.24) is 5.32 Å². The second-order valence-corrected chi connectivity index (χ2v) is 9.29. The van der Waals surface area contributed by atoms with E-state index in [0.29, 0.717) is 41.5 Å². The Bertz CT molecular complexity index is 1280. The molecule has 7 nitrogen and oxygen atoms in total. The molecular weight excluding hydrogens is 447 g/mol. The summed E-state index contributed by atoms with van der Waals surface area (Å²) >= 11 is 0. The van der Waals surface area contributed by atoms with E-state index in [4.69, 9.17) is 9.47 Å². The van der Waals surface area contributed by atoms with Crippen LogP contribution >= 0.6 is 0 Å². The number of carbonyl (C=O) groups excluding carboxylic acids is 1. The molecule has 0 aliphatic carbocycles. The van der Waals surface area contributed by atoms with Crippen molar-refractivity contribution in [3.8, 4) is 11.5 Å². The van der Waals surface area contributed by atoms with Crippen LogP contribution in [0.5, 0.6) is 11.5 Å². The summed E-state index contributed by atoms with van der Waals surface area (Å²) in [6, 6.07) is 15.2. The maximum atomic E-state index is 13.4. The molecule has 0 spiro atoms. The normalized spacial score (nSPS) is 13.2. The Labute approximate surface area is 191 Å². The van der Waals surface area contributed by atoms with Gasteiger partial charge >= 0.3 is 0 Å². The third-order valence-corrected chi connectivity index (χ3v) is 6.48. The zero-order chi connectivity index (χ0) is 23.4. The summed E-state index contributed by atoms with van der Waals surface area (Å²) in [6.07, 6.45) is 0.721. The van der Waals surface area contributed by atoms with E-state index >= 15 is 0 Å². The maximum Gasteiger partial charge on any atom is 0.262 e. The molecule has 3 aromatic rings. The quantitative estimate of drug-likeness (QED) is 0.568. The van der Waals surface area contributed by atoms with Crippen LogP contribution in [-0.4, -0.2) is 27.5 Å². The van der Waals surface area contributed by atoms with Crippen LogP contribution in [-0.2, 0) is 16.6 Å². The third-order valence-electron chi connectivity index (χ3n) is 5.10. The highest BCUT2D eigenvalue weighted by Gasteiger charge is 2.19. The smallest absolute Gasteiger partial charge is 0.262 e. The molecule has 1 aliphatic heterocycles. The van der Waals surface area contributed by atoms with Crippen LogP contribution in [0, 0.1) is 12.7 Å². The van der Waals surface area contributed by atoms with Crippen LogP contribution in [0.3, 0.4) is 0 Å². The van der Waals surface area contributed by atoms with Crippen LogP contribution in [0.2, 0.25) is 0 Å². The molecule has 0 atom stereocenters. The highest BCUT2D eigenvalue weighted by Crippen LogP contribution is 2.32. The molecular formula is C24H23FN2O5S. The van der Waals surface area contributed by atoms with E-state index in [1.165, 1.54) is 42.5 Å². The predicted molar refractivity (Wildman–Crippen MR) is 122 cm³/mol. The second-order valence-electron chi connectivity index (χ2n) is 7.61. The van der Waals surface area contributed by atoms with Gasteiger partial charge in [0.15, 0.2) is 11.5 Å². The summed E-state index contributed by atoms with van der Waals surface area (Å²) in [5.74, 6) is 0.278. The van der Waals surface area contributed by atoms with Crippen molar-refractivity contribution in [2.45, 2.75) is 24.8 Å². The van der Waals surface area contributed by atoms with Gasteiger partial charge in [-0.25, -0.2) is 12.8 Å². The predicted octanol–water partition coefficient (Wildman–Crippen LogP) is 4.03. The minimum Gasteiger partial charge on any atom is -0.490 e. The number of hydrogen-bond donors (Lipinski definition) is 2. The van der Waals surface area contributed by atoms with Crippen molar-refractivity contribution >= 4 is 21.6 Å². The average Bonchev–Trinajstić information content (AvgIpc) is 3.05. The number of rotatable bonds is 6. The lowest BCUT2D eigenvalue weighted by atomic mass is 10.1. The highest BCUT2D eigenvalue weighted by molar-refractivity contribution is 7.92. The molecule has 1 heterocycles. The van der Waals surface area contributed by atoms with Crippen molar-refractivity contribution in [2.75, 3.05) is 17.9 Å². The first-order valence-corrected chi connectivity index (χ1v) is 11.9. The van der Waals surface area contributed by atoms with Crippen LogP contribution < -0.4 is 19.5 Å². The molecule has 1 aliphatic rings. The number of halogens is 1. The van der Waals surface area contributed by atoms with E-state index < -0.39 is 10.0 Å². The molecule has 0 fully saturated rings. The standard InChI is InChI=1S/C24H23FN2O5S/c1-16-13-17(3-9-21(16)25)15-26-24(28)18-4-6-19(7-5-18)27-33(29,30)20-8-10-22-23(14-20)32-12-2-11-31-22/h3-10,13-14,27H,2,11-12,15H2,1H3,(H,26,28). The zero-order valence-electron chi connectivity index (χ0n) is 17.9. The van der Waals surface area contributed by atoms with Gasteiger partial charge in [-0.05, 0) is 60.5 Å². The van der Waals surface area contributed by atoms with Gasteiger partial charge in [-0.2, -0.15) is 0 Å². The molecule has 33 heavy (non-hydrogen) atoms. The van der Waals surface area contributed by atoms with Gasteiger partial charge in [-0.3, -0.25) is 9.52 Å². The van der Waals surface area contributed by atoms with E-state index in [1.54, 1.807) is 25.1 Å². The third kappa shape index (κ3) is 5.43. The Morgan fingerprint density at radius 1 is 0.970 bits per heavy atom. The lowest BCUT2D eigenvalue weighted by Crippen LogP contribution is -2.22. The van der Waals surface area contributed by atoms with Crippen molar-refractivity contribution in [1.29, 1.82) is 0 Å². The fraction of sp³-hybridized carbons (Fsp3) is 0.208. The molecule has 0 aromatic heterocycles. The Morgan fingerprint density at radius 3 is 2.42 bits per heavy atom. The summed E-state index contributed by atoms with van der Waals surface area (Å²) in [5, 5.41) is 2.76. The molecule has 0 bridgehead atoms. The van der Waals surface area contributed by atoms with Crippen LogP contribution in [0.4, 0.5) is 10.1 Å². The van der Waals surface area contributed by atoms with Gasteiger partial charge in [0.05, 0.1) is 18.1 Å². The van der Waals surface area contributed by atoms with Crippen LogP contribution in [0.15, 0.2) is 65.6 Å².